The molecule has 1 saturated heterocycles. The molecular weight excluding hydrogens is 244 g/mol. The maximum atomic E-state index is 6.49. The third kappa shape index (κ3) is 1.70. The Bertz CT molecular complexity index is 350. The lowest BCUT2D eigenvalue weighted by Gasteiger charge is -2.66. The van der Waals surface area contributed by atoms with Crippen molar-refractivity contribution in [2.45, 2.75) is 70.4 Å². The monoisotopic (exact) mass is 276 g/mol. The molecule has 2 N–H and O–H groups in total. The average molecular weight is 276 g/mol. The average Bonchev–Trinajstić information content (AvgIpc) is 2.43. The van der Waals surface area contributed by atoms with Gasteiger partial charge in [-0.15, -0.1) is 0 Å². The molecule has 0 amide bonds. The van der Waals surface area contributed by atoms with Crippen LogP contribution in [0.5, 0.6) is 0 Å². The van der Waals surface area contributed by atoms with Crippen molar-refractivity contribution in [3.05, 3.63) is 0 Å². The Labute approximate surface area is 124 Å². The molecule has 114 valence electrons. The van der Waals surface area contributed by atoms with E-state index in [2.05, 4.69) is 18.7 Å². The normalized spacial score (nSPS) is 55.4. The summed E-state index contributed by atoms with van der Waals surface area (Å²) in [6.45, 7) is 7.16. The molecule has 0 aromatic heterocycles. The second-order valence-electron chi connectivity index (χ2n) is 8.55. The molecule has 5 aliphatic rings. The zero-order valence-corrected chi connectivity index (χ0v) is 13.4. The zero-order valence-electron chi connectivity index (χ0n) is 13.4. The van der Waals surface area contributed by atoms with Crippen molar-refractivity contribution >= 4 is 0 Å². The van der Waals surface area contributed by atoms with Crippen molar-refractivity contribution in [3.8, 4) is 0 Å². The van der Waals surface area contributed by atoms with E-state index in [1.165, 1.54) is 45.1 Å². The van der Waals surface area contributed by atoms with Crippen LogP contribution in [0.4, 0.5) is 0 Å². The van der Waals surface area contributed by atoms with Crippen LogP contribution in [0, 0.1) is 29.6 Å². The number of hydrogen-bond donors (Lipinski definition) is 1. The predicted molar refractivity (Wildman–Crippen MR) is 83.4 cm³/mol. The van der Waals surface area contributed by atoms with E-state index in [1.807, 2.05) is 0 Å². The highest BCUT2D eigenvalue weighted by molar-refractivity contribution is 5.14. The van der Waals surface area contributed by atoms with Gasteiger partial charge in [0.25, 0.3) is 0 Å². The molecule has 4 saturated carbocycles. The van der Waals surface area contributed by atoms with Crippen LogP contribution in [0.15, 0.2) is 0 Å². The van der Waals surface area contributed by atoms with E-state index < -0.39 is 0 Å². The molecule has 2 unspecified atom stereocenters. The SMILES string of the molecule is CC1CCCN(C2(CN)C3CC4CC(C3)CC2C4)C1C. The molecule has 2 atom stereocenters. The number of rotatable bonds is 2. The Hall–Kier alpha value is -0.0800. The molecule has 1 heterocycles. The smallest absolute Gasteiger partial charge is 0.0391 e. The summed E-state index contributed by atoms with van der Waals surface area (Å²) in [5.74, 6) is 4.78. The van der Waals surface area contributed by atoms with Gasteiger partial charge in [0, 0.05) is 18.1 Å². The van der Waals surface area contributed by atoms with Crippen LogP contribution in [-0.2, 0) is 0 Å². The molecular formula is C18H32N2. The molecule has 4 aliphatic carbocycles. The quantitative estimate of drug-likeness (QED) is 0.839. The number of nitrogens with zero attached hydrogens (tertiary/aromatic N) is 1. The van der Waals surface area contributed by atoms with Crippen LogP contribution in [-0.4, -0.2) is 29.6 Å². The summed E-state index contributed by atoms with van der Waals surface area (Å²) >= 11 is 0. The lowest BCUT2D eigenvalue weighted by molar-refractivity contribution is -0.155. The lowest BCUT2D eigenvalue weighted by atomic mass is 9.47. The molecule has 5 rings (SSSR count). The third-order valence-corrected chi connectivity index (χ3v) is 7.79. The van der Waals surface area contributed by atoms with Gasteiger partial charge in [-0.2, -0.15) is 0 Å². The van der Waals surface area contributed by atoms with Crippen molar-refractivity contribution in [2.75, 3.05) is 13.1 Å². The molecule has 0 radical (unpaired) electrons. The van der Waals surface area contributed by atoms with Gasteiger partial charge in [-0.25, -0.2) is 0 Å². The van der Waals surface area contributed by atoms with E-state index in [0.717, 1.165) is 42.2 Å². The first-order chi connectivity index (χ1) is 9.65. The number of likely N-dealkylation sites (tertiary alicyclic amines) is 1. The van der Waals surface area contributed by atoms with Crippen molar-refractivity contribution in [1.82, 2.24) is 4.90 Å². The maximum absolute atomic E-state index is 6.49. The molecule has 20 heavy (non-hydrogen) atoms. The van der Waals surface area contributed by atoms with E-state index in [1.54, 1.807) is 6.42 Å². The molecule has 5 fully saturated rings. The molecule has 0 aromatic carbocycles. The Balaban J connectivity index is 1.69. The minimum Gasteiger partial charge on any atom is -0.329 e. The highest BCUT2D eigenvalue weighted by Gasteiger charge is 2.59. The minimum atomic E-state index is 0.377. The number of nitrogens with two attached hydrogens (primary N) is 1. The second kappa shape index (κ2) is 4.71. The first-order valence-corrected chi connectivity index (χ1v) is 9.12. The van der Waals surface area contributed by atoms with Crippen molar-refractivity contribution < 1.29 is 0 Å². The van der Waals surface area contributed by atoms with Crippen LogP contribution in [0.2, 0.25) is 0 Å². The largest absolute Gasteiger partial charge is 0.329 e. The van der Waals surface area contributed by atoms with Crippen molar-refractivity contribution in [2.24, 2.45) is 35.3 Å². The Kier molecular flexibility index (Phi) is 3.20. The molecule has 2 nitrogen and oxygen atoms in total. The minimum absolute atomic E-state index is 0.377. The van der Waals surface area contributed by atoms with E-state index in [4.69, 9.17) is 5.73 Å². The molecule has 0 spiro atoms. The third-order valence-electron chi connectivity index (χ3n) is 7.79. The standard InChI is InChI=1S/C18H32N2/c1-12-4-3-5-20(13(12)2)18(11-19)16-7-14-6-15(9-16)10-17(18)8-14/h12-17H,3-11,19H2,1-2H3. The summed E-state index contributed by atoms with van der Waals surface area (Å²) in [4.78, 5) is 2.91. The highest BCUT2D eigenvalue weighted by Crippen LogP contribution is 2.60. The van der Waals surface area contributed by atoms with E-state index >= 15 is 0 Å². The Morgan fingerprint density at radius 1 is 1.00 bits per heavy atom. The summed E-state index contributed by atoms with van der Waals surface area (Å²) in [6.07, 6.45) is 10.3. The molecule has 1 aliphatic heterocycles. The van der Waals surface area contributed by atoms with Crippen LogP contribution in [0.1, 0.15) is 58.8 Å². The van der Waals surface area contributed by atoms with Crippen molar-refractivity contribution in [3.63, 3.8) is 0 Å². The van der Waals surface area contributed by atoms with E-state index in [9.17, 15) is 0 Å². The van der Waals surface area contributed by atoms with Crippen LogP contribution < -0.4 is 5.73 Å². The van der Waals surface area contributed by atoms with Crippen LogP contribution in [0.3, 0.4) is 0 Å². The van der Waals surface area contributed by atoms with Gasteiger partial charge in [0.1, 0.15) is 0 Å². The topological polar surface area (TPSA) is 29.3 Å². The number of piperidine rings is 1. The number of hydrogen-bond acceptors (Lipinski definition) is 2. The van der Waals surface area contributed by atoms with Crippen LogP contribution >= 0.6 is 0 Å². The summed E-state index contributed by atoms with van der Waals surface area (Å²) in [5, 5.41) is 0. The van der Waals surface area contributed by atoms with Gasteiger partial charge in [0.15, 0.2) is 0 Å². The maximum Gasteiger partial charge on any atom is 0.0391 e. The first-order valence-electron chi connectivity index (χ1n) is 9.12. The fraction of sp³-hybridized carbons (Fsp3) is 1.00. The van der Waals surface area contributed by atoms with E-state index in [0.29, 0.717) is 5.54 Å². The fourth-order valence-corrected chi connectivity index (χ4v) is 6.84. The summed E-state index contributed by atoms with van der Waals surface area (Å²) in [6, 6.07) is 0.741. The van der Waals surface area contributed by atoms with E-state index in [-0.39, 0.29) is 0 Å². The first kappa shape index (κ1) is 13.6. The second-order valence-corrected chi connectivity index (χ2v) is 8.55. The zero-order chi connectivity index (χ0) is 13.9. The van der Waals surface area contributed by atoms with Gasteiger partial charge < -0.3 is 5.73 Å². The van der Waals surface area contributed by atoms with Crippen LogP contribution in [0.25, 0.3) is 0 Å². The summed E-state index contributed by atoms with van der Waals surface area (Å²) in [5.41, 5.74) is 6.86. The van der Waals surface area contributed by atoms with Gasteiger partial charge in [-0.1, -0.05) is 6.92 Å². The van der Waals surface area contributed by atoms with Gasteiger partial charge in [-0.05, 0) is 88.0 Å². The predicted octanol–water partition coefficient (Wildman–Crippen LogP) is 3.26. The fourth-order valence-electron chi connectivity index (χ4n) is 6.84. The van der Waals surface area contributed by atoms with Gasteiger partial charge in [0.2, 0.25) is 0 Å². The molecule has 2 heteroatoms. The summed E-state index contributed by atoms with van der Waals surface area (Å²) in [7, 11) is 0. The van der Waals surface area contributed by atoms with Gasteiger partial charge in [-0.3, -0.25) is 4.90 Å². The molecule has 4 bridgehead atoms. The lowest BCUT2D eigenvalue weighted by Crippen LogP contribution is -2.72. The van der Waals surface area contributed by atoms with Crippen molar-refractivity contribution in [1.29, 1.82) is 0 Å². The highest BCUT2D eigenvalue weighted by atomic mass is 15.3. The van der Waals surface area contributed by atoms with Gasteiger partial charge >= 0.3 is 0 Å². The summed E-state index contributed by atoms with van der Waals surface area (Å²) < 4.78 is 0. The molecule has 0 aromatic rings. The Morgan fingerprint density at radius 2 is 1.60 bits per heavy atom. The Morgan fingerprint density at radius 3 is 2.15 bits per heavy atom. The van der Waals surface area contributed by atoms with Gasteiger partial charge in [0.05, 0.1) is 0 Å².